The molecule has 1 unspecified atom stereocenters. The Morgan fingerprint density at radius 3 is 3.15 bits per heavy atom. The molecule has 0 fully saturated rings. The van der Waals surface area contributed by atoms with Crippen LogP contribution in [0.5, 0.6) is 0 Å². The average Bonchev–Trinajstić information content (AvgIpc) is 2.62. The van der Waals surface area contributed by atoms with Crippen molar-refractivity contribution in [1.29, 1.82) is 0 Å². The van der Waals surface area contributed by atoms with E-state index in [1.807, 2.05) is 6.08 Å². The lowest BCUT2D eigenvalue weighted by molar-refractivity contribution is 0.203. The first-order valence-corrected chi connectivity index (χ1v) is 4.97. The van der Waals surface area contributed by atoms with Crippen LogP contribution in [0.4, 0.5) is 0 Å². The van der Waals surface area contributed by atoms with Crippen molar-refractivity contribution in [1.82, 2.24) is 0 Å². The summed E-state index contributed by atoms with van der Waals surface area (Å²) >= 11 is 3.46. The molecule has 1 aliphatic heterocycles. The summed E-state index contributed by atoms with van der Waals surface area (Å²) in [6, 6.07) is 6.29. The van der Waals surface area contributed by atoms with Gasteiger partial charge in [0.2, 0.25) is 0 Å². The molecule has 0 saturated heterocycles. The normalized spacial score (nSPS) is 22.2. The van der Waals surface area contributed by atoms with Crippen molar-refractivity contribution in [2.24, 2.45) is 0 Å². The third-order valence-corrected chi connectivity index (χ3v) is 2.92. The van der Waals surface area contributed by atoms with Crippen LogP contribution in [0.15, 0.2) is 40.6 Å². The number of benzene rings is 1. The van der Waals surface area contributed by atoms with Crippen molar-refractivity contribution in [3.8, 4) is 0 Å². The van der Waals surface area contributed by atoms with Crippen LogP contribution in [0.3, 0.4) is 0 Å². The molecule has 0 N–H and O–H groups in total. The van der Waals surface area contributed by atoms with Crippen LogP contribution in [0.2, 0.25) is 0 Å². The second-order valence-corrected chi connectivity index (χ2v) is 4.15. The lowest BCUT2D eigenvalue weighted by Crippen LogP contribution is -1.93. The van der Waals surface area contributed by atoms with Gasteiger partial charge in [0, 0.05) is 15.6 Å². The molecule has 0 bridgehead atoms. The van der Waals surface area contributed by atoms with Crippen LogP contribution in [0.25, 0.3) is 6.08 Å². The molecule has 2 aliphatic rings. The molecule has 1 aliphatic carbocycles. The number of hydrogen-bond acceptors (Lipinski definition) is 1. The van der Waals surface area contributed by atoms with Crippen LogP contribution < -0.4 is 0 Å². The molecule has 0 amide bonds. The summed E-state index contributed by atoms with van der Waals surface area (Å²) in [5.41, 5.74) is 3.79. The third kappa shape index (κ3) is 0.985. The Labute approximate surface area is 84.8 Å². The molecule has 64 valence electrons. The van der Waals surface area contributed by atoms with Gasteiger partial charge in [-0.3, -0.25) is 0 Å². The van der Waals surface area contributed by atoms with Gasteiger partial charge < -0.3 is 4.74 Å². The van der Waals surface area contributed by atoms with Crippen molar-refractivity contribution in [2.45, 2.75) is 6.10 Å². The molecule has 1 heterocycles. The van der Waals surface area contributed by atoms with Crippen LogP contribution in [0.1, 0.15) is 17.2 Å². The van der Waals surface area contributed by atoms with E-state index in [9.17, 15) is 0 Å². The zero-order valence-corrected chi connectivity index (χ0v) is 8.41. The van der Waals surface area contributed by atoms with E-state index in [4.69, 9.17) is 4.74 Å². The summed E-state index contributed by atoms with van der Waals surface area (Å²) in [4.78, 5) is 0. The molecule has 0 radical (unpaired) electrons. The van der Waals surface area contributed by atoms with E-state index < -0.39 is 0 Å². The minimum absolute atomic E-state index is 0.156. The van der Waals surface area contributed by atoms with E-state index in [2.05, 4.69) is 40.2 Å². The van der Waals surface area contributed by atoms with Gasteiger partial charge in [0.05, 0.1) is 6.26 Å². The standard InChI is InChI=1S/C11H7BrO/c12-9-1-2-10-8(6-9)5-7-3-4-13-11(7)10/h1-6,11H. The predicted molar refractivity (Wildman–Crippen MR) is 55.1 cm³/mol. The Balaban J connectivity index is 2.20. The van der Waals surface area contributed by atoms with Gasteiger partial charge in [0.1, 0.15) is 6.10 Å². The van der Waals surface area contributed by atoms with Gasteiger partial charge in [-0.25, -0.2) is 0 Å². The molecule has 1 aromatic rings. The lowest BCUT2D eigenvalue weighted by Gasteiger charge is -2.08. The van der Waals surface area contributed by atoms with Crippen LogP contribution in [0, 0.1) is 0 Å². The summed E-state index contributed by atoms with van der Waals surface area (Å²) in [5.74, 6) is 0. The molecule has 0 aromatic heterocycles. The fraction of sp³-hybridized carbons (Fsp3) is 0.0909. The van der Waals surface area contributed by atoms with Crippen LogP contribution in [-0.4, -0.2) is 0 Å². The first-order valence-electron chi connectivity index (χ1n) is 4.18. The molecule has 3 rings (SSSR count). The largest absolute Gasteiger partial charge is 0.489 e. The van der Waals surface area contributed by atoms with E-state index in [-0.39, 0.29) is 6.10 Å². The fourth-order valence-corrected chi connectivity index (χ4v) is 2.21. The minimum Gasteiger partial charge on any atom is -0.489 e. The summed E-state index contributed by atoms with van der Waals surface area (Å²) < 4.78 is 6.60. The number of rotatable bonds is 0. The van der Waals surface area contributed by atoms with Crippen molar-refractivity contribution >= 4 is 22.0 Å². The number of hydrogen-bond donors (Lipinski definition) is 0. The predicted octanol–water partition coefficient (Wildman–Crippen LogP) is 3.43. The molecule has 2 heteroatoms. The van der Waals surface area contributed by atoms with Gasteiger partial charge in [-0.1, -0.05) is 22.0 Å². The van der Waals surface area contributed by atoms with E-state index in [0.29, 0.717) is 0 Å². The molecule has 1 aromatic carbocycles. The monoisotopic (exact) mass is 234 g/mol. The maximum atomic E-state index is 5.48. The highest BCUT2D eigenvalue weighted by Crippen LogP contribution is 2.41. The maximum absolute atomic E-state index is 5.48. The second kappa shape index (κ2) is 2.48. The third-order valence-electron chi connectivity index (χ3n) is 2.43. The molecule has 1 atom stereocenters. The first kappa shape index (κ1) is 7.39. The van der Waals surface area contributed by atoms with E-state index >= 15 is 0 Å². The summed E-state index contributed by atoms with van der Waals surface area (Å²) in [6.45, 7) is 0. The zero-order valence-electron chi connectivity index (χ0n) is 6.83. The van der Waals surface area contributed by atoms with Gasteiger partial charge in [0.15, 0.2) is 0 Å². The number of fused-ring (bicyclic) bond motifs is 3. The molecule has 0 spiro atoms. The molecular weight excluding hydrogens is 228 g/mol. The topological polar surface area (TPSA) is 9.23 Å². The highest BCUT2D eigenvalue weighted by atomic mass is 79.9. The van der Waals surface area contributed by atoms with Gasteiger partial charge in [-0.05, 0) is 29.8 Å². The summed E-state index contributed by atoms with van der Waals surface area (Å²) in [6.07, 6.45) is 6.12. The molecule has 0 saturated carbocycles. The Kier molecular flexibility index (Phi) is 1.41. The lowest BCUT2D eigenvalue weighted by atomic mass is 10.1. The Hall–Kier alpha value is -1.02. The number of ether oxygens (including phenoxy) is 1. The smallest absolute Gasteiger partial charge is 0.149 e. The zero-order chi connectivity index (χ0) is 8.84. The van der Waals surface area contributed by atoms with Crippen LogP contribution >= 0.6 is 15.9 Å². The summed E-state index contributed by atoms with van der Waals surface area (Å²) in [7, 11) is 0. The Morgan fingerprint density at radius 1 is 1.31 bits per heavy atom. The first-order chi connectivity index (χ1) is 6.34. The molecule has 1 nitrogen and oxygen atoms in total. The average molecular weight is 235 g/mol. The van der Waals surface area contributed by atoms with Gasteiger partial charge in [0.25, 0.3) is 0 Å². The van der Waals surface area contributed by atoms with E-state index in [1.54, 1.807) is 6.26 Å². The van der Waals surface area contributed by atoms with E-state index in [1.165, 1.54) is 16.7 Å². The SMILES string of the molecule is Brc1ccc2c(c1)C=C1C=COC12. The Bertz CT molecular complexity index is 432. The van der Waals surface area contributed by atoms with Crippen molar-refractivity contribution in [3.05, 3.63) is 51.7 Å². The highest BCUT2D eigenvalue weighted by molar-refractivity contribution is 9.10. The maximum Gasteiger partial charge on any atom is 0.149 e. The van der Waals surface area contributed by atoms with Crippen LogP contribution in [-0.2, 0) is 4.74 Å². The van der Waals surface area contributed by atoms with Gasteiger partial charge in [-0.15, -0.1) is 0 Å². The van der Waals surface area contributed by atoms with Crippen molar-refractivity contribution in [2.75, 3.05) is 0 Å². The molecule has 13 heavy (non-hydrogen) atoms. The van der Waals surface area contributed by atoms with Gasteiger partial charge in [-0.2, -0.15) is 0 Å². The fourth-order valence-electron chi connectivity index (χ4n) is 1.83. The summed E-state index contributed by atoms with van der Waals surface area (Å²) in [5, 5.41) is 0. The van der Waals surface area contributed by atoms with Gasteiger partial charge >= 0.3 is 0 Å². The second-order valence-electron chi connectivity index (χ2n) is 3.24. The molecular formula is C11H7BrO. The quantitative estimate of drug-likeness (QED) is 0.669. The van der Waals surface area contributed by atoms with E-state index in [0.717, 1.165) is 4.47 Å². The van der Waals surface area contributed by atoms with Crippen molar-refractivity contribution < 1.29 is 4.74 Å². The minimum atomic E-state index is 0.156. The van der Waals surface area contributed by atoms with Crippen molar-refractivity contribution in [3.63, 3.8) is 0 Å². The highest BCUT2D eigenvalue weighted by Gasteiger charge is 2.27. The Morgan fingerprint density at radius 2 is 2.23 bits per heavy atom. The number of halogens is 1.